The predicted molar refractivity (Wildman–Crippen MR) is 61.1 cm³/mol. The van der Waals surface area contributed by atoms with E-state index in [0.29, 0.717) is 0 Å². The number of carbonyl (C=O) groups is 1. The monoisotopic (exact) mass is 204 g/mol. The molecule has 0 aliphatic carbocycles. The normalized spacial score (nSPS) is 18.9. The fourth-order valence-corrected chi connectivity index (χ4v) is 2.12. The molecule has 1 heterocycles. The number of nitrogens with zero attached hydrogens (tertiary/aromatic N) is 2. The van der Waals surface area contributed by atoms with E-state index in [4.69, 9.17) is 0 Å². The highest BCUT2D eigenvalue weighted by Crippen LogP contribution is 2.35. The lowest BCUT2D eigenvalue weighted by Crippen LogP contribution is -2.30. The average molecular weight is 204 g/mol. The van der Waals surface area contributed by atoms with Crippen LogP contribution in [0.15, 0.2) is 24.3 Å². The Morgan fingerprint density at radius 1 is 1.40 bits per heavy atom. The maximum atomic E-state index is 12.0. The van der Waals surface area contributed by atoms with Crippen LogP contribution in [0, 0.1) is 0 Å². The summed E-state index contributed by atoms with van der Waals surface area (Å²) >= 11 is 0. The first kappa shape index (κ1) is 10.0. The Kier molecular flexibility index (Phi) is 2.39. The summed E-state index contributed by atoms with van der Waals surface area (Å²) in [5.74, 6) is 0.188. The molecular formula is C12H16N2O. The summed E-state index contributed by atoms with van der Waals surface area (Å²) in [6, 6.07) is 8.12. The van der Waals surface area contributed by atoms with Crippen molar-refractivity contribution in [2.24, 2.45) is 0 Å². The lowest BCUT2D eigenvalue weighted by atomic mass is 10.0. The van der Waals surface area contributed by atoms with Crippen LogP contribution in [0.4, 0.5) is 5.69 Å². The van der Waals surface area contributed by atoms with Crippen LogP contribution in [-0.2, 0) is 4.79 Å². The first-order chi connectivity index (χ1) is 7.11. The van der Waals surface area contributed by atoms with E-state index in [1.807, 2.05) is 39.3 Å². The first-order valence-electron chi connectivity index (χ1n) is 5.12. The quantitative estimate of drug-likeness (QED) is 0.688. The zero-order chi connectivity index (χ0) is 11.0. The highest BCUT2D eigenvalue weighted by Gasteiger charge is 2.32. The molecule has 1 aliphatic rings. The Morgan fingerprint density at radius 2 is 2.07 bits per heavy atom. The van der Waals surface area contributed by atoms with Gasteiger partial charge in [-0.15, -0.1) is 0 Å². The van der Waals surface area contributed by atoms with Crippen molar-refractivity contribution >= 4 is 11.6 Å². The van der Waals surface area contributed by atoms with Gasteiger partial charge >= 0.3 is 0 Å². The molecule has 15 heavy (non-hydrogen) atoms. The average Bonchev–Trinajstić information content (AvgIpc) is 2.56. The number of likely N-dealkylation sites (N-methyl/N-ethyl adjacent to an activating group) is 2. The molecule has 0 bridgehead atoms. The number of carbonyl (C=O) groups excluding carboxylic acids is 1. The third-order valence-electron chi connectivity index (χ3n) is 2.92. The van der Waals surface area contributed by atoms with Gasteiger partial charge in [-0.3, -0.25) is 4.79 Å². The smallest absolute Gasteiger partial charge is 0.231 e. The van der Waals surface area contributed by atoms with Gasteiger partial charge in [-0.2, -0.15) is 0 Å². The third-order valence-corrected chi connectivity index (χ3v) is 2.92. The van der Waals surface area contributed by atoms with E-state index in [0.717, 1.165) is 12.1 Å². The van der Waals surface area contributed by atoms with Crippen LogP contribution >= 0.6 is 0 Å². The number of benzene rings is 1. The Labute approximate surface area is 90.3 Å². The van der Waals surface area contributed by atoms with Crippen molar-refractivity contribution in [1.82, 2.24) is 4.90 Å². The molecule has 1 aliphatic heterocycles. The summed E-state index contributed by atoms with van der Waals surface area (Å²) < 4.78 is 0. The van der Waals surface area contributed by atoms with Gasteiger partial charge in [0.1, 0.15) is 0 Å². The largest absolute Gasteiger partial charge is 0.373 e. The molecule has 0 fully saturated rings. The summed E-state index contributed by atoms with van der Waals surface area (Å²) in [4.78, 5) is 15.8. The Morgan fingerprint density at radius 3 is 2.73 bits per heavy atom. The first-order valence-corrected chi connectivity index (χ1v) is 5.12. The zero-order valence-electron chi connectivity index (χ0n) is 9.40. The SMILES string of the molecule is CN(C)C(=O)C1CN(C)c2ccccc21. The highest BCUT2D eigenvalue weighted by molar-refractivity contribution is 5.88. The van der Waals surface area contributed by atoms with E-state index < -0.39 is 0 Å². The molecule has 1 aromatic rings. The lowest BCUT2D eigenvalue weighted by molar-refractivity contribution is -0.129. The van der Waals surface area contributed by atoms with Crippen molar-refractivity contribution in [3.8, 4) is 0 Å². The second kappa shape index (κ2) is 3.57. The van der Waals surface area contributed by atoms with Gasteiger partial charge in [-0.05, 0) is 11.6 Å². The van der Waals surface area contributed by atoms with E-state index in [1.54, 1.807) is 4.90 Å². The number of hydrogen-bond donors (Lipinski definition) is 0. The van der Waals surface area contributed by atoms with Gasteiger partial charge in [0.25, 0.3) is 0 Å². The minimum absolute atomic E-state index is 0.00111. The minimum atomic E-state index is 0.00111. The Bertz CT molecular complexity index is 387. The van der Waals surface area contributed by atoms with Crippen LogP contribution in [0.1, 0.15) is 11.5 Å². The maximum Gasteiger partial charge on any atom is 0.231 e. The third kappa shape index (κ3) is 1.58. The minimum Gasteiger partial charge on any atom is -0.373 e. The van der Waals surface area contributed by atoms with Gasteiger partial charge in [0.15, 0.2) is 0 Å². The number of anilines is 1. The van der Waals surface area contributed by atoms with Crippen molar-refractivity contribution in [2.45, 2.75) is 5.92 Å². The number of fused-ring (bicyclic) bond motifs is 1. The molecule has 1 amide bonds. The van der Waals surface area contributed by atoms with E-state index in [9.17, 15) is 4.79 Å². The molecule has 3 nitrogen and oxygen atoms in total. The van der Waals surface area contributed by atoms with Crippen molar-refractivity contribution in [3.05, 3.63) is 29.8 Å². The van der Waals surface area contributed by atoms with Crippen LogP contribution in [0.5, 0.6) is 0 Å². The topological polar surface area (TPSA) is 23.6 Å². The molecule has 2 rings (SSSR count). The molecule has 0 saturated heterocycles. The second-order valence-corrected chi connectivity index (χ2v) is 4.22. The van der Waals surface area contributed by atoms with E-state index in [1.165, 1.54) is 5.69 Å². The van der Waals surface area contributed by atoms with Crippen LogP contribution in [-0.4, -0.2) is 38.5 Å². The summed E-state index contributed by atoms with van der Waals surface area (Å²) in [6.07, 6.45) is 0. The molecular weight excluding hydrogens is 188 g/mol. The molecule has 0 N–H and O–H groups in total. The molecule has 0 aromatic heterocycles. The van der Waals surface area contributed by atoms with Crippen LogP contribution in [0.25, 0.3) is 0 Å². The van der Waals surface area contributed by atoms with E-state index >= 15 is 0 Å². The van der Waals surface area contributed by atoms with Crippen molar-refractivity contribution in [2.75, 3.05) is 32.6 Å². The van der Waals surface area contributed by atoms with Crippen LogP contribution in [0.3, 0.4) is 0 Å². The summed E-state index contributed by atoms with van der Waals surface area (Å²) in [5, 5.41) is 0. The fraction of sp³-hybridized carbons (Fsp3) is 0.417. The molecule has 80 valence electrons. The zero-order valence-corrected chi connectivity index (χ0v) is 9.40. The van der Waals surface area contributed by atoms with Crippen molar-refractivity contribution in [1.29, 1.82) is 0 Å². The number of rotatable bonds is 1. The Hall–Kier alpha value is -1.51. The standard InChI is InChI=1S/C12H16N2O/c1-13(2)12(15)10-8-14(3)11-7-5-4-6-9(10)11/h4-7,10H,8H2,1-3H3. The van der Waals surface area contributed by atoms with Crippen LogP contribution in [0.2, 0.25) is 0 Å². The molecule has 1 aromatic carbocycles. The number of amides is 1. The van der Waals surface area contributed by atoms with Gasteiger partial charge in [-0.25, -0.2) is 0 Å². The van der Waals surface area contributed by atoms with Crippen molar-refractivity contribution < 1.29 is 4.79 Å². The van der Waals surface area contributed by atoms with Gasteiger partial charge in [-0.1, -0.05) is 18.2 Å². The van der Waals surface area contributed by atoms with Crippen LogP contribution < -0.4 is 4.90 Å². The molecule has 0 radical (unpaired) electrons. The molecule has 1 atom stereocenters. The Balaban J connectivity index is 2.36. The lowest BCUT2D eigenvalue weighted by Gasteiger charge is -2.16. The predicted octanol–water partition coefficient (Wildman–Crippen LogP) is 1.31. The van der Waals surface area contributed by atoms with E-state index in [-0.39, 0.29) is 11.8 Å². The van der Waals surface area contributed by atoms with Crippen molar-refractivity contribution in [3.63, 3.8) is 0 Å². The number of hydrogen-bond acceptors (Lipinski definition) is 2. The number of para-hydroxylation sites is 1. The highest BCUT2D eigenvalue weighted by atomic mass is 16.2. The van der Waals surface area contributed by atoms with Gasteiger partial charge < -0.3 is 9.80 Å². The maximum absolute atomic E-state index is 12.0. The molecule has 3 heteroatoms. The fourth-order valence-electron chi connectivity index (χ4n) is 2.12. The summed E-state index contributed by atoms with van der Waals surface area (Å²) in [5.41, 5.74) is 2.33. The second-order valence-electron chi connectivity index (χ2n) is 4.22. The molecule has 1 unspecified atom stereocenters. The summed E-state index contributed by atoms with van der Waals surface area (Å²) in [7, 11) is 5.65. The molecule has 0 saturated carbocycles. The van der Waals surface area contributed by atoms with Gasteiger partial charge in [0.05, 0.1) is 5.92 Å². The van der Waals surface area contributed by atoms with Gasteiger partial charge in [0.2, 0.25) is 5.91 Å². The van der Waals surface area contributed by atoms with E-state index in [2.05, 4.69) is 11.0 Å². The molecule has 0 spiro atoms. The summed E-state index contributed by atoms with van der Waals surface area (Å²) in [6.45, 7) is 0.788. The van der Waals surface area contributed by atoms with Gasteiger partial charge in [0, 0.05) is 33.4 Å².